The van der Waals surface area contributed by atoms with Gasteiger partial charge in [-0.2, -0.15) is 14.3 Å². The zero-order valence-corrected chi connectivity index (χ0v) is 22.6. The molecule has 0 radical (unpaired) electrons. The Balaban J connectivity index is 2.27. The molecule has 0 heterocycles. The number of benzene rings is 2. The highest BCUT2D eigenvalue weighted by Crippen LogP contribution is 2.55. The van der Waals surface area contributed by atoms with Gasteiger partial charge >= 0.3 is 7.94 Å². The van der Waals surface area contributed by atoms with Crippen molar-refractivity contribution in [2.45, 2.75) is 117 Å². The van der Waals surface area contributed by atoms with Gasteiger partial charge in [-0.05, 0) is 63.1 Å². The van der Waals surface area contributed by atoms with Gasteiger partial charge in [0.1, 0.15) is 6.10 Å². The molecule has 1 fully saturated rings. The highest BCUT2D eigenvalue weighted by Gasteiger charge is 2.47. The molecule has 0 unspecified atom stereocenters. The molecule has 0 bridgehead atoms. The van der Waals surface area contributed by atoms with Crippen molar-refractivity contribution >= 4 is 24.0 Å². The van der Waals surface area contributed by atoms with Crippen LogP contribution < -0.4 is 5.30 Å². The van der Waals surface area contributed by atoms with Crippen molar-refractivity contribution in [3.63, 3.8) is 0 Å². The Labute approximate surface area is 196 Å². The molecule has 0 aliphatic heterocycles. The molecule has 0 atom stereocenters. The van der Waals surface area contributed by atoms with Gasteiger partial charge in [-0.1, -0.05) is 93.7 Å². The van der Waals surface area contributed by atoms with E-state index in [0.717, 1.165) is 42.0 Å². The summed E-state index contributed by atoms with van der Waals surface area (Å²) in [5.74, 6) is 0. The van der Waals surface area contributed by atoms with Gasteiger partial charge in [-0.25, -0.2) is 0 Å². The zero-order chi connectivity index (χ0) is 24.1. The van der Waals surface area contributed by atoms with Crippen LogP contribution in [0.5, 0.6) is 0 Å². The van der Waals surface area contributed by atoms with Crippen molar-refractivity contribution in [3.05, 3.63) is 41.0 Å². The Morgan fingerprint density at radius 2 is 1.28 bits per heavy atom. The predicted molar refractivity (Wildman–Crippen MR) is 139 cm³/mol. The van der Waals surface area contributed by atoms with Crippen LogP contribution in [0.25, 0.3) is 10.8 Å². The highest BCUT2D eigenvalue weighted by atomic mass is 31.2. The summed E-state index contributed by atoms with van der Waals surface area (Å²) in [7, 11) is -3.72. The minimum absolute atomic E-state index is 0.0313. The van der Waals surface area contributed by atoms with Gasteiger partial charge < -0.3 is 0 Å². The SMILES string of the molecule is CC(C)(C)c1cc(C(C)(C)C)c2cc([P+](O)(O)OC3CCCCC3)c(C(C)(C)C)cc2c1. The van der Waals surface area contributed by atoms with E-state index < -0.39 is 7.94 Å². The first-order chi connectivity index (χ1) is 14.5. The molecule has 3 nitrogen and oxygen atoms in total. The first kappa shape index (κ1) is 25.6. The lowest BCUT2D eigenvalue weighted by Crippen LogP contribution is -2.29. The molecule has 32 heavy (non-hydrogen) atoms. The molecule has 1 aliphatic carbocycles. The van der Waals surface area contributed by atoms with Crippen molar-refractivity contribution in [1.29, 1.82) is 0 Å². The molecule has 4 heteroatoms. The molecular formula is C28H44O3P+. The molecule has 178 valence electrons. The second-order valence-electron chi connectivity index (χ2n) is 12.8. The fourth-order valence-corrected chi connectivity index (χ4v) is 6.48. The number of fused-ring (bicyclic) bond motifs is 1. The summed E-state index contributed by atoms with van der Waals surface area (Å²) in [5.41, 5.74) is 3.22. The van der Waals surface area contributed by atoms with E-state index in [-0.39, 0.29) is 22.3 Å². The summed E-state index contributed by atoms with van der Waals surface area (Å²) in [6, 6.07) is 8.79. The number of rotatable bonds is 3. The quantitative estimate of drug-likeness (QED) is 0.469. The van der Waals surface area contributed by atoms with Gasteiger partial charge in [-0.3, -0.25) is 0 Å². The molecular weight excluding hydrogens is 415 g/mol. The molecule has 0 aromatic heterocycles. The Hall–Kier alpha value is -0.990. The zero-order valence-electron chi connectivity index (χ0n) is 21.7. The third-order valence-electron chi connectivity index (χ3n) is 6.71. The standard InChI is InChI=1S/C28H44O3P/c1-26(2,3)20-15-19-16-24(28(7,8)9)25(18-22(19)23(17-20)27(4,5)6)32(29,30)31-21-13-11-10-12-14-21/h15-18,21,29-30H,10-14H2,1-9H3/q+1. The van der Waals surface area contributed by atoms with Gasteiger partial charge in [0, 0.05) is 5.56 Å². The van der Waals surface area contributed by atoms with E-state index >= 15 is 0 Å². The van der Waals surface area contributed by atoms with Gasteiger partial charge in [0.25, 0.3) is 0 Å². The second-order valence-corrected chi connectivity index (χ2v) is 14.6. The lowest BCUT2D eigenvalue weighted by Gasteiger charge is -2.30. The summed E-state index contributed by atoms with van der Waals surface area (Å²) < 4.78 is 6.08. The van der Waals surface area contributed by atoms with E-state index in [0.29, 0.717) is 5.30 Å². The predicted octanol–water partition coefficient (Wildman–Crippen LogP) is 7.45. The third kappa shape index (κ3) is 5.55. The minimum Gasteiger partial charge on any atom is -0.188 e. The molecule has 2 N–H and O–H groups in total. The normalized spacial score (nSPS) is 17.2. The van der Waals surface area contributed by atoms with Crippen molar-refractivity contribution in [2.75, 3.05) is 0 Å². The van der Waals surface area contributed by atoms with Crippen LogP contribution in [0.1, 0.15) is 111 Å². The fraction of sp³-hybridized carbons (Fsp3) is 0.643. The second kappa shape index (κ2) is 8.66. The maximum absolute atomic E-state index is 11.4. The Bertz CT molecular complexity index is 965. The van der Waals surface area contributed by atoms with Crippen LogP contribution in [0, 0.1) is 0 Å². The van der Waals surface area contributed by atoms with E-state index in [9.17, 15) is 9.79 Å². The molecule has 2 aromatic carbocycles. The summed E-state index contributed by atoms with van der Waals surface area (Å²) >= 11 is 0. The lowest BCUT2D eigenvalue weighted by molar-refractivity contribution is 0.124. The molecule has 0 saturated heterocycles. The maximum Gasteiger partial charge on any atom is 0.444 e. The van der Waals surface area contributed by atoms with Crippen LogP contribution in [0.2, 0.25) is 0 Å². The van der Waals surface area contributed by atoms with Crippen LogP contribution in [0.3, 0.4) is 0 Å². The molecule has 1 saturated carbocycles. The first-order valence-electron chi connectivity index (χ1n) is 12.2. The van der Waals surface area contributed by atoms with Crippen molar-refractivity contribution < 1.29 is 14.3 Å². The van der Waals surface area contributed by atoms with Crippen LogP contribution >= 0.6 is 7.94 Å². The van der Waals surface area contributed by atoms with E-state index in [1.54, 1.807) is 0 Å². The lowest BCUT2D eigenvalue weighted by atomic mass is 9.77. The van der Waals surface area contributed by atoms with Gasteiger partial charge in [0.2, 0.25) is 0 Å². The van der Waals surface area contributed by atoms with Crippen molar-refractivity contribution in [3.8, 4) is 0 Å². The molecule has 3 rings (SSSR count). The first-order valence-corrected chi connectivity index (χ1v) is 13.8. The summed E-state index contributed by atoms with van der Waals surface area (Å²) in [6.45, 7) is 19.8. The average Bonchev–Trinajstić information content (AvgIpc) is 2.64. The molecule has 2 aromatic rings. The van der Waals surface area contributed by atoms with Gasteiger partial charge in [0.05, 0.1) is 0 Å². The van der Waals surface area contributed by atoms with E-state index in [1.807, 2.05) is 6.07 Å². The molecule has 1 aliphatic rings. The fourth-order valence-electron chi connectivity index (χ4n) is 4.73. The number of hydrogen-bond donors (Lipinski definition) is 2. The van der Waals surface area contributed by atoms with Crippen molar-refractivity contribution in [2.24, 2.45) is 0 Å². The average molecular weight is 460 g/mol. The summed E-state index contributed by atoms with van der Waals surface area (Å²) in [5, 5.41) is 2.83. The molecule has 0 amide bonds. The smallest absolute Gasteiger partial charge is 0.188 e. The molecule has 0 spiro atoms. The van der Waals surface area contributed by atoms with Gasteiger partial charge in [0.15, 0.2) is 5.30 Å². The maximum atomic E-state index is 11.4. The Morgan fingerprint density at radius 3 is 1.78 bits per heavy atom. The number of hydrogen-bond acceptors (Lipinski definition) is 3. The highest BCUT2D eigenvalue weighted by molar-refractivity contribution is 7.67. The minimum atomic E-state index is -3.72. The van der Waals surface area contributed by atoms with Crippen LogP contribution in [0.15, 0.2) is 24.3 Å². The topological polar surface area (TPSA) is 49.7 Å². The van der Waals surface area contributed by atoms with Gasteiger partial charge in [-0.15, -0.1) is 0 Å². The Morgan fingerprint density at radius 1 is 0.719 bits per heavy atom. The van der Waals surface area contributed by atoms with Crippen LogP contribution in [0.4, 0.5) is 0 Å². The Kier molecular flexibility index (Phi) is 6.93. The van der Waals surface area contributed by atoms with E-state index in [2.05, 4.69) is 80.5 Å². The third-order valence-corrected chi connectivity index (χ3v) is 8.30. The van der Waals surface area contributed by atoms with Crippen LogP contribution in [-0.4, -0.2) is 15.9 Å². The van der Waals surface area contributed by atoms with E-state index in [4.69, 9.17) is 4.52 Å². The monoisotopic (exact) mass is 459 g/mol. The van der Waals surface area contributed by atoms with E-state index in [1.165, 1.54) is 17.5 Å². The van der Waals surface area contributed by atoms with Crippen LogP contribution in [-0.2, 0) is 20.8 Å². The van der Waals surface area contributed by atoms with Crippen molar-refractivity contribution in [1.82, 2.24) is 0 Å². The summed E-state index contributed by atoms with van der Waals surface area (Å²) in [4.78, 5) is 22.7. The summed E-state index contributed by atoms with van der Waals surface area (Å²) in [6.07, 6.45) is 5.14. The largest absolute Gasteiger partial charge is 0.444 e.